The van der Waals surface area contributed by atoms with E-state index in [9.17, 15) is 14.4 Å². The Kier molecular flexibility index (Phi) is 4.84. The lowest BCUT2D eigenvalue weighted by molar-refractivity contribution is 0.0459. The number of imidazole rings is 1. The highest BCUT2D eigenvalue weighted by Gasteiger charge is 2.22. The van der Waals surface area contributed by atoms with Gasteiger partial charge in [0, 0.05) is 13.6 Å². The van der Waals surface area contributed by atoms with E-state index in [0.29, 0.717) is 18.1 Å². The second-order valence-electron chi connectivity index (χ2n) is 6.11. The number of nitrogen functional groups attached to an aromatic ring is 1. The maximum Gasteiger partial charge on any atom is 0.346 e. The molecule has 3 aromatic rings. The van der Waals surface area contributed by atoms with E-state index in [1.54, 1.807) is 14.0 Å². The Bertz CT molecular complexity index is 1100. The molecule has 0 aliphatic heterocycles. The smallest absolute Gasteiger partial charge is 0.346 e. The van der Waals surface area contributed by atoms with Gasteiger partial charge in [-0.15, -0.1) is 0 Å². The number of nitrogens with one attached hydrogen (secondary N) is 1. The average molecular weight is 376 g/mol. The van der Waals surface area contributed by atoms with Crippen LogP contribution in [0.4, 0.5) is 5.88 Å². The molecule has 0 atom stereocenters. The largest absolute Gasteiger partial charge is 0.454 e. The quantitative estimate of drug-likeness (QED) is 0.589. The van der Waals surface area contributed by atoms with Gasteiger partial charge in [0.15, 0.2) is 11.2 Å². The van der Waals surface area contributed by atoms with Crippen LogP contribution in [-0.2, 0) is 24.9 Å². The van der Waals surface area contributed by atoms with Crippen molar-refractivity contribution in [2.24, 2.45) is 7.05 Å². The van der Waals surface area contributed by atoms with Gasteiger partial charge in [0.2, 0.25) is 5.88 Å². The van der Waals surface area contributed by atoms with Gasteiger partial charge in [-0.25, -0.2) is 14.6 Å². The molecule has 0 saturated carbocycles. The third-order valence-corrected chi connectivity index (χ3v) is 4.27. The lowest BCUT2D eigenvalue weighted by Gasteiger charge is -2.05. The molecule has 0 aliphatic rings. The van der Waals surface area contributed by atoms with Crippen LogP contribution in [0.1, 0.15) is 41.6 Å². The minimum absolute atomic E-state index is 0.0477. The highest BCUT2D eigenvalue weighted by atomic mass is 16.5. The molecule has 3 aromatic heterocycles. The molecule has 0 bridgehead atoms. The standard InChI is InChI=1S/C16H20N6O5/c1-4-5-6-22-13-11(14(23)19-16(22)25)21(3)9(18-13)7-26-15(24)10-8(2)20-27-12(10)17/h4-7,17H2,1-3H3,(H,19,23,25). The summed E-state index contributed by atoms with van der Waals surface area (Å²) in [5, 5.41) is 3.60. The number of nitrogens with two attached hydrogens (primary N) is 1. The number of carbonyl (C=O) groups excluding carboxylic acids is 1. The Morgan fingerprint density at radius 2 is 2.11 bits per heavy atom. The van der Waals surface area contributed by atoms with E-state index in [4.69, 9.17) is 15.0 Å². The average Bonchev–Trinajstić information content (AvgIpc) is 3.12. The van der Waals surface area contributed by atoms with Gasteiger partial charge in [0.25, 0.3) is 5.56 Å². The lowest BCUT2D eigenvalue weighted by Crippen LogP contribution is -2.31. The van der Waals surface area contributed by atoms with Gasteiger partial charge in [-0.05, 0) is 13.3 Å². The van der Waals surface area contributed by atoms with Crippen molar-refractivity contribution in [3.8, 4) is 0 Å². The zero-order valence-electron chi connectivity index (χ0n) is 15.2. The molecule has 0 saturated heterocycles. The van der Waals surface area contributed by atoms with Crippen molar-refractivity contribution in [2.45, 2.75) is 39.8 Å². The first-order chi connectivity index (χ1) is 12.8. The predicted octanol–water partition coefficient (Wildman–Crippen LogP) is 0.459. The number of hydrogen-bond donors (Lipinski definition) is 2. The SMILES string of the molecule is CCCCn1c(=O)[nH]c(=O)c2c1nc(COC(=O)c1c(C)noc1N)n2C. The number of esters is 1. The summed E-state index contributed by atoms with van der Waals surface area (Å²) in [4.78, 5) is 43.2. The zero-order valence-corrected chi connectivity index (χ0v) is 15.2. The number of rotatable bonds is 6. The molecule has 11 nitrogen and oxygen atoms in total. The molecule has 11 heteroatoms. The molecule has 0 radical (unpaired) electrons. The minimum atomic E-state index is -0.712. The highest BCUT2D eigenvalue weighted by Crippen LogP contribution is 2.18. The van der Waals surface area contributed by atoms with E-state index in [0.717, 1.165) is 12.8 Å². The molecular formula is C16H20N6O5. The first-order valence-corrected chi connectivity index (χ1v) is 8.42. The molecule has 144 valence electrons. The fraction of sp³-hybridized carbons (Fsp3) is 0.438. The summed E-state index contributed by atoms with van der Waals surface area (Å²) in [5.74, 6) is -0.532. The van der Waals surface area contributed by atoms with E-state index < -0.39 is 17.2 Å². The van der Waals surface area contributed by atoms with Crippen LogP contribution in [0.3, 0.4) is 0 Å². The van der Waals surface area contributed by atoms with Crippen molar-refractivity contribution in [1.29, 1.82) is 0 Å². The Balaban J connectivity index is 1.95. The van der Waals surface area contributed by atoms with Crippen LogP contribution in [0.25, 0.3) is 11.2 Å². The van der Waals surface area contributed by atoms with Crippen LogP contribution in [0, 0.1) is 6.92 Å². The number of aromatic amines is 1. The van der Waals surface area contributed by atoms with Crippen molar-refractivity contribution < 1.29 is 14.1 Å². The summed E-state index contributed by atoms with van der Waals surface area (Å²) in [6.45, 7) is 3.78. The summed E-state index contributed by atoms with van der Waals surface area (Å²) in [6, 6.07) is 0. The summed E-state index contributed by atoms with van der Waals surface area (Å²) < 4.78 is 12.9. The minimum Gasteiger partial charge on any atom is -0.454 e. The molecular weight excluding hydrogens is 356 g/mol. The predicted molar refractivity (Wildman–Crippen MR) is 95.3 cm³/mol. The van der Waals surface area contributed by atoms with Crippen molar-refractivity contribution >= 4 is 23.0 Å². The van der Waals surface area contributed by atoms with E-state index in [1.807, 2.05) is 6.92 Å². The highest BCUT2D eigenvalue weighted by molar-refractivity contribution is 5.94. The number of anilines is 1. The Labute approximate surface area is 152 Å². The van der Waals surface area contributed by atoms with Crippen LogP contribution < -0.4 is 17.0 Å². The first-order valence-electron chi connectivity index (χ1n) is 8.42. The lowest BCUT2D eigenvalue weighted by atomic mass is 10.2. The van der Waals surface area contributed by atoms with Crippen LogP contribution >= 0.6 is 0 Å². The van der Waals surface area contributed by atoms with Crippen LogP contribution in [0.2, 0.25) is 0 Å². The third kappa shape index (κ3) is 3.23. The van der Waals surface area contributed by atoms with E-state index >= 15 is 0 Å². The number of carbonyl (C=O) groups is 1. The van der Waals surface area contributed by atoms with Gasteiger partial charge in [0.05, 0.1) is 5.69 Å². The maximum absolute atomic E-state index is 12.2. The molecule has 0 spiro atoms. The molecule has 0 aliphatic carbocycles. The second kappa shape index (κ2) is 7.09. The van der Waals surface area contributed by atoms with Crippen molar-refractivity contribution in [3.05, 3.63) is 37.9 Å². The molecule has 27 heavy (non-hydrogen) atoms. The third-order valence-electron chi connectivity index (χ3n) is 4.27. The summed E-state index contributed by atoms with van der Waals surface area (Å²) in [5.41, 5.74) is 5.36. The zero-order chi connectivity index (χ0) is 19.7. The first kappa shape index (κ1) is 18.4. The normalized spacial score (nSPS) is 11.2. The number of H-pyrrole nitrogens is 1. The van der Waals surface area contributed by atoms with E-state index in [-0.39, 0.29) is 29.2 Å². The number of ether oxygens (including phenoxy) is 1. The van der Waals surface area contributed by atoms with Crippen LogP contribution in [-0.4, -0.2) is 30.2 Å². The van der Waals surface area contributed by atoms with Crippen molar-refractivity contribution in [1.82, 2.24) is 24.3 Å². The Hall–Kier alpha value is -3.37. The second-order valence-corrected chi connectivity index (χ2v) is 6.11. The number of aryl methyl sites for hydroxylation is 3. The van der Waals surface area contributed by atoms with Crippen LogP contribution in [0.5, 0.6) is 0 Å². The van der Waals surface area contributed by atoms with Crippen molar-refractivity contribution in [2.75, 3.05) is 5.73 Å². The summed E-state index contributed by atoms with van der Waals surface area (Å²) in [7, 11) is 1.61. The number of hydrogen-bond acceptors (Lipinski definition) is 8. The van der Waals surface area contributed by atoms with Gasteiger partial charge < -0.3 is 19.6 Å². The summed E-state index contributed by atoms with van der Waals surface area (Å²) in [6.07, 6.45) is 1.64. The molecule has 0 fully saturated rings. The number of fused-ring (bicyclic) bond motifs is 1. The van der Waals surface area contributed by atoms with E-state index in [1.165, 1.54) is 9.13 Å². The number of nitrogens with zero attached hydrogens (tertiary/aromatic N) is 4. The topological polar surface area (TPSA) is 151 Å². The summed E-state index contributed by atoms with van der Waals surface area (Å²) >= 11 is 0. The van der Waals surface area contributed by atoms with Gasteiger partial charge in [0.1, 0.15) is 18.0 Å². The fourth-order valence-electron chi connectivity index (χ4n) is 2.78. The number of unbranched alkanes of at least 4 members (excludes halogenated alkanes) is 1. The van der Waals surface area contributed by atoms with Gasteiger partial charge >= 0.3 is 11.7 Å². The van der Waals surface area contributed by atoms with E-state index in [2.05, 4.69) is 15.1 Å². The Morgan fingerprint density at radius 3 is 2.74 bits per heavy atom. The van der Waals surface area contributed by atoms with Gasteiger partial charge in [-0.1, -0.05) is 18.5 Å². The van der Waals surface area contributed by atoms with Gasteiger partial charge in [-0.3, -0.25) is 14.3 Å². The van der Waals surface area contributed by atoms with Crippen LogP contribution in [0.15, 0.2) is 14.1 Å². The molecule has 0 amide bonds. The maximum atomic E-state index is 12.2. The molecule has 0 unspecified atom stereocenters. The fourth-order valence-corrected chi connectivity index (χ4v) is 2.78. The molecule has 3 N–H and O–H groups in total. The molecule has 0 aromatic carbocycles. The monoisotopic (exact) mass is 376 g/mol. The van der Waals surface area contributed by atoms with Gasteiger partial charge in [-0.2, -0.15) is 0 Å². The van der Waals surface area contributed by atoms with Crippen molar-refractivity contribution in [3.63, 3.8) is 0 Å². The molecule has 3 rings (SSSR count). The number of aromatic nitrogens is 5. The Morgan fingerprint density at radius 1 is 1.37 bits per heavy atom. The molecule has 3 heterocycles.